The molecule has 2 aliphatic rings. The van der Waals surface area contributed by atoms with Crippen LogP contribution in [0.5, 0.6) is 0 Å². The molecule has 1 saturated heterocycles. The normalized spacial score (nSPS) is 17.1. The fourth-order valence-corrected chi connectivity index (χ4v) is 5.81. The molecular formula is C22H24N5S+. The number of quaternary nitrogens is 1. The SMILES string of the molecule is Cc1nc(N2CC[NH+](Cc3ccc(C#N)cc3)CC2)c2c3c(sc2n1)CCC3. The highest BCUT2D eigenvalue weighted by Gasteiger charge is 2.27. The van der Waals surface area contributed by atoms with E-state index in [2.05, 4.69) is 23.1 Å². The number of thiophene rings is 1. The minimum atomic E-state index is 0.731. The fraction of sp³-hybridized carbons (Fsp3) is 0.409. The van der Waals surface area contributed by atoms with Gasteiger partial charge in [0.25, 0.3) is 0 Å². The number of piperazine rings is 1. The molecule has 0 amide bonds. The second-order valence-electron chi connectivity index (χ2n) is 7.85. The first-order valence-electron chi connectivity index (χ1n) is 10.1. The summed E-state index contributed by atoms with van der Waals surface area (Å²) in [6, 6.07) is 10.2. The fourth-order valence-electron chi connectivity index (χ4n) is 4.51. The van der Waals surface area contributed by atoms with Gasteiger partial charge in [0.15, 0.2) is 0 Å². The van der Waals surface area contributed by atoms with Crippen molar-refractivity contribution in [1.82, 2.24) is 9.97 Å². The van der Waals surface area contributed by atoms with Crippen molar-refractivity contribution < 1.29 is 4.90 Å². The maximum atomic E-state index is 8.95. The molecule has 0 saturated carbocycles. The van der Waals surface area contributed by atoms with Gasteiger partial charge in [-0.15, -0.1) is 11.3 Å². The first-order chi connectivity index (χ1) is 13.7. The van der Waals surface area contributed by atoms with Crippen LogP contribution in [0.3, 0.4) is 0 Å². The topological polar surface area (TPSA) is 57.2 Å². The molecule has 0 radical (unpaired) electrons. The van der Waals surface area contributed by atoms with E-state index in [1.54, 1.807) is 4.90 Å². The van der Waals surface area contributed by atoms with E-state index in [4.69, 9.17) is 15.2 Å². The molecule has 3 heterocycles. The van der Waals surface area contributed by atoms with Crippen molar-refractivity contribution in [1.29, 1.82) is 5.26 Å². The van der Waals surface area contributed by atoms with E-state index >= 15 is 0 Å². The van der Waals surface area contributed by atoms with Crippen molar-refractivity contribution in [3.8, 4) is 6.07 Å². The highest BCUT2D eigenvalue weighted by molar-refractivity contribution is 7.19. The van der Waals surface area contributed by atoms with E-state index in [9.17, 15) is 0 Å². The van der Waals surface area contributed by atoms with Gasteiger partial charge in [0.2, 0.25) is 0 Å². The van der Waals surface area contributed by atoms with Crippen LogP contribution in [-0.4, -0.2) is 36.1 Å². The van der Waals surface area contributed by atoms with Gasteiger partial charge in [-0.3, -0.25) is 0 Å². The Balaban J connectivity index is 1.33. The zero-order valence-corrected chi connectivity index (χ0v) is 17.0. The molecule has 6 heteroatoms. The Bertz CT molecular complexity index is 1060. The Morgan fingerprint density at radius 2 is 1.93 bits per heavy atom. The molecule has 1 fully saturated rings. The zero-order valence-electron chi connectivity index (χ0n) is 16.2. The Labute approximate surface area is 169 Å². The molecule has 3 aromatic rings. The summed E-state index contributed by atoms with van der Waals surface area (Å²) < 4.78 is 0. The number of rotatable bonds is 3. The van der Waals surface area contributed by atoms with Gasteiger partial charge in [0.05, 0.1) is 43.2 Å². The summed E-state index contributed by atoms with van der Waals surface area (Å²) in [7, 11) is 0. The minimum absolute atomic E-state index is 0.731. The lowest BCUT2D eigenvalue weighted by Crippen LogP contribution is -3.13. The van der Waals surface area contributed by atoms with E-state index in [1.807, 2.05) is 30.4 Å². The molecule has 5 nitrogen and oxygen atoms in total. The summed E-state index contributed by atoms with van der Waals surface area (Å²) >= 11 is 1.88. The van der Waals surface area contributed by atoms with Gasteiger partial charge in [0.1, 0.15) is 23.0 Å². The van der Waals surface area contributed by atoms with E-state index in [0.29, 0.717) is 0 Å². The summed E-state index contributed by atoms with van der Waals surface area (Å²) in [6.45, 7) is 7.31. The number of nitrogens with one attached hydrogen (secondary N) is 1. The molecule has 0 atom stereocenters. The number of hydrogen-bond acceptors (Lipinski definition) is 5. The number of benzene rings is 1. The number of fused-ring (bicyclic) bond motifs is 3. The molecule has 2 aromatic heterocycles. The molecular weight excluding hydrogens is 366 g/mol. The largest absolute Gasteiger partial charge is 0.345 e. The highest BCUT2D eigenvalue weighted by Crippen LogP contribution is 2.40. The van der Waals surface area contributed by atoms with Gasteiger partial charge >= 0.3 is 0 Å². The van der Waals surface area contributed by atoms with Crippen LogP contribution in [0, 0.1) is 18.3 Å². The first kappa shape index (κ1) is 17.6. The molecule has 0 unspecified atom stereocenters. The van der Waals surface area contributed by atoms with Crippen molar-refractivity contribution in [2.24, 2.45) is 0 Å². The molecule has 1 aliphatic carbocycles. The molecule has 1 aromatic carbocycles. The summed E-state index contributed by atoms with van der Waals surface area (Å²) in [5.41, 5.74) is 3.55. The Hall–Kier alpha value is -2.49. The minimum Gasteiger partial charge on any atom is -0.345 e. The van der Waals surface area contributed by atoms with E-state index in [0.717, 1.165) is 44.1 Å². The van der Waals surface area contributed by atoms with Crippen LogP contribution in [0.4, 0.5) is 5.82 Å². The third kappa shape index (κ3) is 3.15. The number of hydrogen-bond donors (Lipinski definition) is 1. The van der Waals surface area contributed by atoms with Gasteiger partial charge < -0.3 is 9.80 Å². The van der Waals surface area contributed by atoms with Crippen LogP contribution in [0.1, 0.15) is 33.8 Å². The van der Waals surface area contributed by atoms with Crippen LogP contribution in [0.15, 0.2) is 24.3 Å². The molecule has 142 valence electrons. The van der Waals surface area contributed by atoms with Gasteiger partial charge in [-0.2, -0.15) is 5.26 Å². The average molecular weight is 391 g/mol. The third-order valence-corrected chi connectivity index (χ3v) is 7.15. The Morgan fingerprint density at radius 3 is 2.68 bits per heavy atom. The summed E-state index contributed by atoms with van der Waals surface area (Å²) in [5.74, 6) is 2.05. The predicted octanol–water partition coefficient (Wildman–Crippen LogP) is 2.27. The van der Waals surface area contributed by atoms with Crippen LogP contribution >= 0.6 is 11.3 Å². The predicted molar refractivity (Wildman–Crippen MR) is 112 cm³/mol. The van der Waals surface area contributed by atoms with E-state index in [1.165, 1.54) is 51.3 Å². The van der Waals surface area contributed by atoms with Crippen molar-refractivity contribution in [2.45, 2.75) is 32.7 Å². The smallest absolute Gasteiger partial charge is 0.141 e. The molecule has 1 N–H and O–H groups in total. The number of nitrogens with zero attached hydrogens (tertiary/aromatic N) is 4. The summed E-state index contributed by atoms with van der Waals surface area (Å²) in [5, 5.41) is 10.3. The van der Waals surface area contributed by atoms with Crippen LogP contribution in [0.2, 0.25) is 0 Å². The highest BCUT2D eigenvalue weighted by atomic mass is 32.1. The van der Waals surface area contributed by atoms with Gasteiger partial charge in [-0.25, -0.2) is 9.97 Å². The lowest BCUT2D eigenvalue weighted by atomic mass is 10.1. The third-order valence-electron chi connectivity index (χ3n) is 5.96. The maximum absolute atomic E-state index is 8.95. The zero-order chi connectivity index (χ0) is 19.1. The first-order valence-corrected chi connectivity index (χ1v) is 10.9. The maximum Gasteiger partial charge on any atom is 0.141 e. The van der Waals surface area contributed by atoms with Crippen molar-refractivity contribution in [3.63, 3.8) is 0 Å². The molecule has 0 spiro atoms. The quantitative estimate of drug-likeness (QED) is 0.745. The summed E-state index contributed by atoms with van der Waals surface area (Å²) in [6.07, 6.45) is 3.66. The summed E-state index contributed by atoms with van der Waals surface area (Å²) in [4.78, 5) is 16.4. The molecule has 28 heavy (non-hydrogen) atoms. The molecule has 0 bridgehead atoms. The van der Waals surface area contributed by atoms with Crippen molar-refractivity contribution >= 4 is 27.4 Å². The monoisotopic (exact) mass is 390 g/mol. The Kier molecular flexibility index (Phi) is 4.50. The lowest BCUT2D eigenvalue weighted by Gasteiger charge is -2.33. The lowest BCUT2D eigenvalue weighted by molar-refractivity contribution is -0.914. The van der Waals surface area contributed by atoms with Gasteiger partial charge in [-0.05, 0) is 43.9 Å². The van der Waals surface area contributed by atoms with Crippen molar-refractivity contribution in [2.75, 3.05) is 31.1 Å². The molecule has 5 rings (SSSR count). The van der Waals surface area contributed by atoms with Crippen LogP contribution < -0.4 is 9.80 Å². The average Bonchev–Trinajstić information content (AvgIpc) is 3.29. The van der Waals surface area contributed by atoms with Gasteiger partial charge in [0, 0.05) is 10.4 Å². The van der Waals surface area contributed by atoms with Crippen molar-refractivity contribution in [3.05, 3.63) is 51.7 Å². The number of aromatic nitrogens is 2. The van der Waals surface area contributed by atoms with Crippen LogP contribution in [-0.2, 0) is 19.4 Å². The second kappa shape index (κ2) is 7.16. The van der Waals surface area contributed by atoms with E-state index in [-0.39, 0.29) is 0 Å². The number of anilines is 1. The number of aryl methyl sites for hydroxylation is 3. The van der Waals surface area contributed by atoms with Crippen LogP contribution in [0.25, 0.3) is 10.2 Å². The van der Waals surface area contributed by atoms with Gasteiger partial charge in [-0.1, -0.05) is 12.1 Å². The number of nitriles is 1. The Morgan fingerprint density at radius 1 is 1.14 bits per heavy atom. The second-order valence-corrected chi connectivity index (χ2v) is 8.94. The molecule has 1 aliphatic heterocycles. The standard InChI is InChI=1S/C22H23N5S/c1-15-24-21(20-18-3-2-4-19(18)28-22(20)25-15)27-11-9-26(10-12-27)14-17-7-5-16(13-23)6-8-17/h5-8H,2-4,9-12,14H2,1H3/p+1. The van der Waals surface area contributed by atoms with E-state index < -0.39 is 0 Å².